The van der Waals surface area contributed by atoms with Crippen molar-refractivity contribution in [2.24, 2.45) is 5.73 Å². The SMILES string of the molecule is CCC(N)(CC)CNC(=O)Cn1cc([N+](=O)[O-])ccc1=O. The van der Waals surface area contributed by atoms with E-state index in [9.17, 15) is 19.7 Å². The first kappa shape index (κ1) is 16.8. The minimum Gasteiger partial charge on any atom is -0.353 e. The van der Waals surface area contributed by atoms with E-state index < -0.39 is 21.9 Å². The van der Waals surface area contributed by atoms with Crippen LogP contribution in [0.5, 0.6) is 0 Å². The number of hydrogen-bond donors (Lipinski definition) is 2. The fourth-order valence-electron chi connectivity index (χ4n) is 1.74. The molecule has 0 saturated carbocycles. The number of rotatable bonds is 7. The van der Waals surface area contributed by atoms with E-state index in [4.69, 9.17) is 5.73 Å². The van der Waals surface area contributed by atoms with Crippen LogP contribution in [0.25, 0.3) is 0 Å². The Bertz CT molecular complexity index is 578. The number of nitrogens with zero attached hydrogens (tertiary/aromatic N) is 2. The van der Waals surface area contributed by atoms with Crippen molar-refractivity contribution in [1.29, 1.82) is 0 Å². The molecule has 8 nitrogen and oxygen atoms in total. The van der Waals surface area contributed by atoms with Crippen LogP contribution >= 0.6 is 0 Å². The average molecular weight is 296 g/mol. The third kappa shape index (κ3) is 4.67. The quantitative estimate of drug-likeness (QED) is 0.557. The maximum Gasteiger partial charge on any atom is 0.285 e. The minimum atomic E-state index is -0.618. The molecule has 0 spiro atoms. The molecule has 116 valence electrons. The Morgan fingerprint density at radius 3 is 2.57 bits per heavy atom. The van der Waals surface area contributed by atoms with Crippen LogP contribution in [-0.2, 0) is 11.3 Å². The summed E-state index contributed by atoms with van der Waals surface area (Å²) in [7, 11) is 0. The molecule has 1 aromatic heterocycles. The Kier molecular flexibility index (Phi) is 5.60. The Balaban J connectivity index is 2.73. The van der Waals surface area contributed by atoms with Crippen molar-refractivity contribution in [1.82, 2.24) is 9.88 Å². The van der Waals surface area contributed by atoms with Gasteiger partial charge in [-0.3, -0.25) is 24.3 Å². The third-order valence-corrected chi connectivity index (χ3v) is 3.54. The molecule has 1 rings (SSSR count). The molecule has 0 aromatic carbocycles. The van der Waals surface area contributed by atoms with Crippen LogP contribution in [0, 0.1) is 10.1 Å². The van der Waals surface area contributed by atoms with Crippen LogP contribution in [0.2, 0.25) is 0 Å². The smallest absolute Gasteiger partial charge is 0.285 e. The van der Waals surface area contributed by atoms with Gasteiger partial charge in [-0.2, -0.15) is 0 Å². The second kappa shape index (κ2) is 6.98. The van der Waals surface area contributed by atoms with Gasteiger partial charge in [0.05, 0.1) is 11.1 Å². The van der Waals surface area contributed by atoms with Gasteiger partial charge in [-0.15, -0.1) is 0 Å². The highest BCUT2D eigenvalue weighted by molar-refractivity contribution is 5.75. The predicted octanol–water partition coefficient (Wildman–Crippen LogP) is 0.390. The first-order valence-electron chi connectivity index (χ1n) is 6.72. The molecule has 0 unspecified atom stereocenters. The summed E-state index contributed by atoms with van der Waals surface area (Å²) in [6.45, 7) is 3.88. The zero-order valence-electron chi connectivity index (χ0n) is 12.2. The lowest BCUT2D eigenvalue weighted by Crippen LogP contribution is -2.50. The van der Waals surface area contributed by atoms with E-state index in [-0.39, 0.29) is 12.2 Å². The van der Waals surface area contributed by atoms with Crippen LogP contribution in [0.4, 0.5) is 5.69 Å². The molecule has 1 amide bonds. The van der Waals surface area contributed by atoms with Gasteiger partial charge in [0.1, 0.15) is 6.54 Å². The van der Waals surface area contributed by atoms with Gasteiger partial charge in [0.25, 0.3) is 11.2 Å². The molecule has 0 aliphatic rings. The molecule has 0 atom stereocenters. The summed E-state index contributed by atoms with van der Waals surface area (Å²) in [4.78, 5) is 33.4. The molecule has 0 fully saturated rings. The Hall–Kier alpha value is -2.22. The molecule has 0 bridgehead atoms. The standard InChI is InChI=1S/C13H20N4O4/c1-3-13(14,4-2)9-15-11(18)8-16-7-10(17(20)21)5-6-12(16)19/h5-7H,3-4,8-9,14H2,1-2H3,(H,15,18). The van der Waals surface area contributed by atoms with Crippen molar-refractivity contribution >= 4 is 11.6 Å². The summed E-state index contributed by atoms with van der Waals surface area (Å²) in [6, 6.07) is 2.17. The van der Waals surface area contributed by atoms with Gasteiger partial charge in [-0.05, 0) is 12.8 Å². The lowest BCUT2D eigenvalue weighted by atomic mass is 9.94. The van der Waals surface area contributed by atoms with E-state index in [0.29, 0.717) is 19.4 Å². The van der Waals surface area contributed by atoms with Gasteiger partial charge in [-0.1, -0.05) is 13.8 Å². The molecule has 21 heavy (non-hydrogen) atoms. The van der Waals surface area contributed by atoms with Crippen LogP contribution in [0.3, 0.4) is 0 Å². The van der Waals surface area contributed by atoms with Crippen molar-refractivity contribution in [3.8, 4) is 0 Å². The Morgan fingerprint density at radius 1 is 1.43 bits per heavy atom. The van der Waals surface area contributed by atoms with Crippen molar-refractivity contribution in [2.45, 2.75) is 38.8 Å². The number of pyridine rings is 1. The van der Waals surface area contributed by atoms with Gasteiger partial charge >= 0.3 is 0 Å². The van der Waals surface area contributed by atoms with Crippen LogP contribution in [0.1, 0.15) is 26.7 Å². The topological polar surface area (TPSA) is 120 Å². The number of carbonyl (C=O) groups excluding carboxylic acids is 1. The molecule has 0 radical (unpaired) electrons. The van der Waals surface area contributed by atoms with E-state index in [1.165, 1.54) is 0 Å². The maximum absolute atomic E-state index is 11.8. The summed E-state index contributed by atoms with van der Waals surface area (Å²) >= 11 is 0. The fraction of sp³-hybridized carbons (Fsp3) is 0.538. The number of aromatic nitrogens is 1. The number of hydrogen-bond acceptors (Lipinski definition) is 5. The third-order valence-electron chi connectivity index (χ3n) is 3.54. The molecule has 0 aliphatic heterocycles. The first-order chi connectivity index (χ1) is 9.81. The number of nitrogens with one attached hydrogen (secondary N) is 1. The summed E-state index contributed by atoms with van der Waals surface area (Å²) in [5.41, 5.74) is 4.87. The molecule has 0 saturated heterocycles. The van der Waals surface area contributed by atoms with E-state index in [2.05, 4.69) is 5.32 Å². The zero-order chi connectivity index (χ0) is 16.0. The van der Waals surface area contributed by atoms with Crippen molar-refractivity contribution < 1.29 is 9.72 Å². The number of carbonyl (C=O) groups is 1. The lowest BCUT2D eigenvalue weighted by Gasteiger charge is -2.26. The van der Waals surface area contributed by atoms with Crippen molar-refractivity contribution in [3.63, 3.8) is 0 Å². The van der Waals surface area contributed by atoms with Crippen LogP contribution in [-0.4, -0.2) is 27.5 Å². The number of amides is 1. The summed E-state index contributed by atoms with van der Waals surface area (Å²) in [5, 5.41) is 13.3. The highest BCUT2D eigenvalue weighted by atomic mass is 16.6. The molecule has 1 heterocycles. The number of nitrogens with two attached hydrogens (primary N) is 1. The molecule has 0 aliphatic carbocycles. The second-order valence-electron chi connectivity index (χ2n) is 4.96. The second-order valence-corrected chi connectivity index (χ2v) is 4.96. The van der Waals surface area contributed by atoms with Crippen molar-refractivity contribution in [2.75, 3.05) is 6.54 Å². The largest absolute Gasteiger partial charge is 0.353 e. The van der Waals surface area contributed by atoms with E-state index >= 15 is 0 Å². The highest BCUT2D eigenvalue weighted by Gasteiger charge is 2.21. The normalized spacial score (nSPS) is 11.2. The van der Waals surface area contributed by atoms with E-state index in [1.54, 1.807) is 0 Å². The maximum atomic E-state index is 11.8. The highest BCUT2D eigenvalue weighted by Crippen LogP contribution is 2.09. The summed E-state index contributed by atoms with van der Waals surface area (Å²) in [5.74, 6) is -0.408. The predicted molar refractivity (Wildman–Crippen MR) is 77.9 cm³/mol. The first-order valence-corrected chi connectivity index (χ1v) is 6.72. The zero-order valence-corrected chi connectivity index (χ0v) is 12.2. The summed E-state index contributed by atoms with van der Waals surface area (Å²) < 4.78 is 1.00. The van der Waals surface area contributed by atoms with Crippen LogP contribution in [0.15, 0.2) is 23.1 Å². The Labute approximate surface area is 122 Å². The van der Waals surface area contributed by atoms with Crippen LogP contribution < -0.4 is 16.6 Å². The van der Waals surface area contributed by atoms with Gasteiger partial charge < -0.3 is 11.1 Å². The fourth-order valence-corrected chi connectivity index (χ4v) is 1.74. The van der Waals surface area contributed by atoms with Gasteiger partial charge in [0.15, 0.2) is 0 Å². The monoisotopic (exact) mass is 296 g/mol. The Morgan fingerprint density at radius 2 is 2.05 bits per heavy atom. The minimum absolute atomic E-state index is 0.238. The molecular weight excluding hydrogens is 276 g/mol. The van der Waals surface area contributed by atoms with Gasteiger partial charge in [-0.25, -0.2) is 0 Å². The molecule has 1 aromatic rings. The lowest BCUT2D eigenvalue weighted by molar-refractivity contribution is -0.385. The molecule has 3 N–H and O–H groups in total. The summed E-state index contributed by atoms with van der Waals surface area (Å²) in [6.07, 6.45) is 2.47. The van der Waals surface area contributed by atoms with Crippen molar-refractivity contribution in [3.05, 3.63) is 38.8 Å². The molecule has 8 heteroatoms. The van der Waals surface area contributed by atoms with Gasteiger partial charge in [0.2, 0.25) is 5.91 Å². The average Bonchev–Trinajstić information content (AvgIpc) is 2.47. The van der Waals surface area contributed by atoms with E-state index in [0.717, 1.165) is 22.9 Å². The number of nitro groups is 1. The van der Waals surface area contributed by atoms with E-state index in [1.807, 2.05) is 13.8 Å². The van der Waals surface area contributed by atoms with Gasteiger partial charge in [0, 0.05) is 24.2 Å². The molecular formula is C13H20N4O4.